The normalized spacial score (nSPS) is 12.1. The van der Waals surface area contributed by atoms with Crippen LogP contribution in [-0.4, -0.2) is 11.7 Å². The molecule has 10 heavy (non-hydrogen) atoms. The molecule has 0 unspecified atom stereocenters. The highest BCUT2D eigenvalue weighted by Gasteiger charge is 1.89. The van der Waals surface area contributed by atoms with E-state index in [4.69, 9.17) is 5.11 Å². The molecule has 60 valence electrons. The number of rotatable bonds is 5. The minimum atomic E-state index is 0.340. The van der Waals surface area contributed by atoms with Crippen LogP contribution in [0.5, 0.6) is 0 Å². The molecule has 0 aromatic heterocycles. The van der Waals surface area contributed by atoms with E-state index in [0.717, 1.165) is 12.8 Å². The van der Waals surface area contributed by atoms with Crippen molar-refractivity contribution >= 4 is 22.6 Å². The third-order valence-electron chi connectivity index (χ3n) is 1.42. The van der Waals surface area contributed by atoms with Gasteiger partial charge in [0.2, 0.25) is 0 Å². The van der Waals surface area contributed by atoms with Crippen molar-refractivity contribution in [1.82, 2.24) is 0 Å². The van der Waals surface area contributed by atoms with Crippen LogP contribution in [0.4, 0.5) is 0 Å². The standard InChI is InChI=1S/C8H15IO/c1-8(7-9)5-3-2-4-6-10/h7,10H,2-6H2,1H3/b8-7+. The minimum absolute atomic E-state index is 0.340. The fourth-order valence-corrected chi connectivity index (χ4v) is 1.06. The lowest BCUT2D eigenvalue weighted by molar-refractivity contribution is 0.283. The molecule has 2 heteroatoms. The van der Waals surface area contributed by atoms with Crippen LogP contribution in [0.1, 0.15) is 32.6 Å². The summed E-state index contributed by atoms with van der Waals surface area (Å²) in [6.45, 7) is 2.48. The second-order valence-electron chi connectivity index (χ2n) is 2.49. The zero-order valence-corrected chi connectivity index (χ0v) is 8.60. The van der Waals surface area contributed by atoms with E-state index in [2.05, 4.69) is 33.6 Å². The lowest BCUT2D eigenvalue weighted by Gasteiger charge is -1.97. The highest BCUT2D eigenvalue weighted by atomic mass is 127. The number of hydrogen-bond acceptors (Lipinski definition) is 1. The SMILES string of the molecule is C/C(=C\I)CCCCCO. The highest BCUT2D eigenvalue weighted by molar-refractivity contribution is 14.1. The van der Waals surface area contributed by atoms with Crippen LogP contribution < -0.4 is 0 Å². The molecule has 0 radical (unpaired) electrons. The van der Waals surface area contributed by atoms with Crippen molar-refractivity contribution in [1.29, 1.82) is 0 Å². The van der Waals surface area contributed by atoms with E-state index in [1.807, 2.05) is 0 Å². The molecule has 0 rings (SSSR count). The Hall–Kier alpha value is 0.430. The summed E-state index contributed by atoms with van der Waals surface area (Å²) in [7, 11) is 0. The molecule has 0 aliphatic rings. The summed E-state index contributed by atoms with van der Waals surface area (Å²) in [5.74, 6) is 0. The van der Waals surface area contributed by atoms with Gasteiger partial charge in [0.1, 0.15) is 0 Å². The first kappa shape index (κ1) is 10.4. The monoisotopic (exact) mass is 254 g/mol. The maximum absolute atomic E-state index is 8.47. The second-order valence-corrected chi connectivity index (χ2v) is 3.11. The summed E-state index contributed by atoms with van der Waals surface area (Å²) in [5, 5.41) is 8.47. The Morgan fingerprint density at radius 1 is 1.40 bits per heavy atom. The third-order valence-corrected chi connectivity index (χ3v) is 2.48. The zero-order chi connectivity index (χ0) is 7.82. The van der Waals surface area contributed by atoms with Gasteiger partial charge in [-0.3, -0.25) is 0 Å². The lowest BCUT2D eigenvalue weighted by Crippen LogP contribution is -1.83. The first-order chi connectivity index (χ1) is 4.81. The van der Waals surface area contributed by atoms with Crippen LogP contribution >= 0.6 is 22.6 Å². The molecule has 1 N–H and O–H groups in total. The van der Waals surface area contributed by atoms with Gasteiger partial charge in [-0.1, -0.05) is 34.6 Å². The Bertz CT molecular complexity index is 99.4. The van der Waals surface area contributed by atoms with Crippen molar-refractivity contribution in [2.24, 2.45) is 0 Å². The van der Waals surface area contributed by atoms with Crippen LogP contribution in [0.2, 0.25) is 0 Å². The van der Waals surface area contributed by atoms with Gasteiger partial charge >= 0.3 is 0 Å². The molecule has 0 aliphatic heterocycles. The van der Waals surface area contributed by atoms with Crippen molar-refractivity contribution in [3.05, 3.63) is 9.66 Å². The van der Waals surface area contributed by atoms with Gasteiger partial charge in [-0.15, -0.1) is 0 Å². The van der Waals surface area contributed by atoms with E-state index in [-0.39, 0.29) is 0 Å². The van der Waals surface area contributed by atoms with Crippen molar-refractivity contribution in [2.45, 2.75) is 32.6 Å². The Kier molecular flexibility index (Phi) is 7.86. The van der Waals surface area contributed by atoms with E-state index >= 15 is 0 Å². The van der Waals surface area contributed by atoms with Crippen LogP contribution in [0, 0.1) is 0 Å². The largest absolute Gasteiger partial charge is 0.396 e. The fourth-order valence-electron chi connectivity index (χ4n) is 0.747. The summed E-state index contributed by atoms with van der Waals surface area (Å²) in [6, 6.07) is 0. The van der Waals surface area contributed by atoms with Crippen LogP contribution in [0.3, 0.4) is 0 Å². The Labute approximate surface area is 76.7 Å². The molecular formula is C8H15IO. The average molecular weight is 254 g/mol. The molecule has 0 saturated carbocycles. The van der Waals surface area contributed by atoms with Crippen LogP contribution in [0.25, 0.3) is 0 Å². The molecule has 0 bridgehead atoms. The molecule has 1 nitrogen and oxygen atoms in total. The second kappa shape index (κ2) is 7.54. The number of halogens is 1. The van der Waals surface area contributed by atoms with Crippen molar-refractivity contribution in [3.63, 3.8) is 0 Å². The fraction of sp³-hybridized carbons (Fsp3) is 0.750. The van der Waals surface area contributed by atoms with Gasteiger partial charge in [-0.2, -0.15) is 0 Å². The molecule has 0 atom stereocenters. The molecule has 0 saturated heterocycles. The molecular weight excluding hydrogens is 239 g/mol. The van der Waals surface area contributed by atoms with Gasteiger partial charge in [-0.05, 0) is 30.3 Å². The predicted molar refractivity (Wildman–Crippen MR) is 53.3 cm³/mol. The van der Waals surface area contributed by atoms with Crippen LogP contribution in [-0.2, 0) is 0 Å². The van der Waals surface area contributed by atoms with E-state index in [1.165, 1.54) is 18.4 Å². The van der Waals surface area contributed by atoms with Gasteiger partial charge in [0, 0.05) is 6.61 Å². The van der Waals surface area contributed by atoms with E-state index in [9.17, 15) is 0 Å². The van der Waals surface area contributed by atoms with Crippen molar-refractivity contribution in [3.8, 4) is 0 Å². The maximum atomic E-state index is 8.47. The Morgan fingerprint density at radius 2 is 2.10 bits per heavy atom. The highest BCUT2D eigenvalue weighted by Crippen LogP contribution is 2.09. The molecule has 0 aromatic carbocycles. The van der Waals surface area contributed by atoms with E-state index < -0.39 is 0 Å². The van der Waals surface area contributed by atoms with Gasteiger partial charge in [0.25, 0.3) is 0 Å². The molecule has 0 spiro atoms. The smallest absolute Gasteiger partial charge is 0.0431 e. The van der Waals surface area contributed by atoms with Gasteiger partial charge < -0.3 is 5.11 Å². The molecule has 0 amide bonds. The molecule has 0 aromatic rings. The Morgan fingerprint density at radius 3 is 2.60 bits per heavy atom. The quantitative estimate of drug-likeness (QED) is 0.590. The maximum Gasteiger partial charge on any atom is 0.0431 e. The van der Waals surface area contributed by atoms with E-state index in [1.54, 1.807) is 0 Å². The van der Waals surface area contributed by atoms with Crippen molar-refractivity contribution < 1.29 is 5.11 Å². The van der Waals surface area contributed by atoms with Crippen LogP contribution in [0.15, 0.2) is 9.66 Å². The number of hydrogen-bond donors (Lipinski definition) is 1. The van der Waals surface area contributed by atoms with Gasteiger partial charge in [0.05, 0.1) is 0 Å². The van der Waals surface area contributed by atoms with E-state index in [0.29, 0.717) is 6.61 Å². The number of aliphatic hydroxyl groups is 1. The molecule has 0 fully saturated rings. The zero-order valence-electron chi connectivity index (χ0n) is 6.44. The predicted octanol–water partition coefficient (Wildman–Crippen LogP) is 2.88. The summed E-state index contributed by atoms with van der Waals surface area (Å²) < 4.78 is 2.12. The molecule has 0 aliphatic carbocycles. The first-order valence-corrected chi connectivity index (χ1v) is 4.92. The molecule has 0 heterocycles. The Balaban J connectivity index is 3.04. The summed E-state index contributed by atoms with van der Waals surface area (Å²) in [6.07, 6.45) is 4.50. The number of allylic oxidation sites excluding steroid dienone is 1. The first-order valence-electron chi connectivity index (χ1n) is 3.68. The van der Waals surface area contributed by atoms with Crippen molar-refractivity contribution in [2.75, 3.05) is 6.61 Å². The third kappa shape index (κ3) is 6.55. The topological polar surface area (TPSA) is 20.2 Å². The minimum Gasteiger partial charge on any atom is -0.396 e. The summed E-state index contributed by atoms with van der Waals surface area (Å²) >= 11 is 2.26. The number of unbranched alkanes of at least 4 members (excludes halogenated alkanes) is 2. The summed E-state index contributed by atoms with van der Waals surface area (Å²) in [4.78, 5) is 0. The van der Waals surface area contributed by atoms with Gasteiger partial charge in [0.15, 0.2) is 0 Å². The lowest BCUT2D eigenvalue weighted by atomic mass is 10.1. The summed E-state index contributed by atoms with van der Waals surface area (Å²) in [5.41, 5.74) is 1.44. The number of aliphatic hydroxyl groups excluding tert-OH is 1. The average Bonchev–Trinajstić information content (AvgIpc) is 1.98. The van der Waals surface area contributed by atoms with Gasteiger partial charge in [-0.25, -0.2) is 0 Å².